The molecule has 2 heterocycles. The predicted molar refractivity (Wildman–Crippen MR) is 111 cm³/mol. The monoisotopic (exact) mass is 427 g/mol. The molecule has 2 aromatic carbocycles. The lowest BCUT2D eigenvalue weighted by Gasteiger charge is -2.23. The molecule has 1 aromatic heterocycles. The molecule has 0 saturated carbocycles. The zero-order valence-electron chi connectivity index (χ0n) is 15.3. The zero-order valence-corrected chi connectivity index (χ0v) is 16.1. The van der Waals surface area contributed by atoms with Gasteiger partial charge in [-0.2, -0.15) is 4.98 Å². The van der Waals surface area contributed by atoms with Crippen LogP contribution in [0.1, 0.15) is 17.9 Å². The van der Waals surface area contributed by atoms with Crippen LogP contribution in [0.3, 0.4) is 0 Å². The number of hydrogen-bond acceptors (Lipinski definition) is 5. The number of benzene rings is 2. The number of fused-ring (bicyclic) bond motifs is 1. The number of aromatic amines is 1. The second-order valence-corrected chi connectivity index (χ2v) is 7.05. The van der Waals surface area contributed by atoms with Crippen molar-refractivity contribution in [3.63, 3.8) is 0 Å². The molecule has 1 aliphatic heterocycles. The summed E-state index contributed by atoms with van der Waals surface area (Å²) in [5.74, 6) is -2.61. The average molecular weight is 428 g/mol. The highest BCUT2D eigenvalue weighted by Crippen LogP contribution is 2.30. The molecule has 0 bridgehead atoms. The Hall–Kier alpha value is -3.72. The molecule has 2 amide bonds. The van der Waals surface area contributed by atoms with Crippen molar-refractivity contribution >= 4 is 46.6 Å². The van der Waals surface area contributed by atoms with E-state index in [9.17, 15) is 18.8 Å². The molecule has 0 radical (unpaired) electrons. The van der Waals surface area contributed by atoms with Crippen molar-refractivity contribution in [1.82, 2.24) is 9.97 Å². The molecule has 4 N–H and O–H groups in total. The first kappa shape index (κ1) is 19.6. The number of amides is 2. The normalized spacial score (nSPS) is 15.1. The van der Waals surface area contributed by atoms with Gasteiger partial charge >= 0.3 is 0 Å². The first-order chi connectivity index (χ1) is 14.4. The summed E-state index contributed by atoms with van der Waals surface area (Å²) in [7, 11) is 0. The van der Waals surface area contributed by atoms with Crippen LogP contribution in [0.2, 0.25) is 5.02 Å². The summed E-state index contributed by atoms with van der Waals surface area (Å²) in [6, 6.07) is 12.1. The summed E-state index contributed by atoms with van der Waals surface area (Å²) in [4.78, 5) is 44.4. The van der Waals surface area contributed by atoms with Crippen molar-refractivity contribution < 1.29 is 14.0 Å². The van der Waals surface area contributed by atoms with Crippen molar-refractivity contribution in [3.05, 3.63) is 75.3 Å². The smallest absolute Gasteiger partial charge is 0.258 e. The van der Waals surface area contributed by atoms with Gasteiger partial charge in [0.2, 0.25) is 17.8 Å². The summed E-state index contributed by atoms with van der Waals surface area (Å²) in [6.07, 6.45) is -0.236. The lowest BCUT2D eigenvalue weighted by atomic mass is 9.92. The third kappa shape index (κ3) is 4.15. The molecular weight excluding hydrogens is 413 g/mol. The third-order valence-electron chi connectivity index (χ3n) is 4.45. The van der Waals surface area contributed by atoms with Gasteiger partial charge in [0.05, 0.1) is 11.5 Å². The second kappa shape index (κ2) is 7.96. The number of anilines is 4. The maximum atomic E-state index is 13.4. The molecule has 0 spiro atoms. The van der Waals surface area contributed by atoms with Crippen LogP contribution < -0.4 is 21.5 Å². The van der Waals surface area contributed by atoms with Crippen molar-refractivity contribution in [2.24, 2.45) is 0 Å². The van der Waals surface area contributed by atoms with E-state index in [1.165, 1.54) is 18.2 Å². The standard InChI is InChI=1S/C20H15ClFN5O3/c21-10-3-1-5-12(7-10)24-20-26-17-16(19(30)27-20)14(9-15(28)25-17)18(29)23-13-6-2-4-11(22)8-13/h1-8,14H,9H2,(H,23,29)(H3,24,25,26,27,28,30). The Labute approximate surface area is 174 Å². The first-order valence-electron chi connectivity index (χ1n) is 8.92. The highest BCUT2D eigenvalue weighted by atomic mass is 35.5. The van der Waals surface area contributed by atoms with Crippen molar-refractivity contribution in [2.75, 3.05) is 16.0 Å². The van der Waals surface area contributed by atoms with Crippen molar-refractivity contribution in [3.8, 4) is 0 Å². The van der Waals surface area contributed by atoms with Crippen LogP contribution in [0.4, 0.5) is 27.5 Å². The van der Waals surface area contributed by atoms with E-state index in [2.05, 4.69) is 25.9 Å². The number of nitrogens with zero attached hydrogens (tertiary/aromatic N) is 1. The molecule has 1 atom stereocenters. The maximum absolute atomic E-state index is 13.4. The Bertz CT molecular complexity index is 1210. The Kier molecular flexibility index (Phi) is 5.20. The first-order valence-corrected chi connectivity index (χ1v) is 9.30. The molecule has 0 fully saturated rings. The second-order valence-electron chi connectivity index (χ2n) is 6.62. The Morgan fingerprint density at radius 2 is 1.90 bits per heavy atom. The summed E-state index contributed by atoms with van der Waals surface area (Å²) >= 11 is 5.95. The average Bonchev–Trinajstić information content (AvgIpc) is 2.67. The number of carbonyl (C=O) groups is 2. The summed E-state index contributed by atoms with van der Waals surface area (Å²) in [6.45, 7) is 0. The lowest BCUT2D eigenvalue weighted by Crippen LogP contribution is -2.36. The topological polar surface area (TPSA) is 116 Å². The van der Waals surface area contributed by atoms with Crippen LogP contribution in [0.5, 0.6) is 0 Å². The minimum absolute atomic E-state index is 0.0149. The molecular formula is C20H15ClFN5O3. The van der Waals surface area contributed by atoms with Gasteiger partial charge in [-0.25, -0.2) is 4.39 Å². The van der Waals surface area contributed by atoms with E-state index < -0.39 is 29.1 Å². The van der Waals surface area contributed by atoms with Crippen LogP contribution in [0.25, 0.3) is 0 Å². The van der Waals surface area contributed by atoms with Crippen LogP contribution in [-0.2, 0) is 9.59 Å². The van der Waals surface area contributed by atoms with E-state index in [4.69, 9.17) is 11.6 Å². The lowest BCUT2D eigenvalue weighted by molar-refractivity contribution is -0.123. The van der Waals surface area contributed by atoms with Gasteiger partial charge in [-0.3, -0.25) is 19.4 Å². The highest BCUT2D eigenvalue weighted by molar-refractivity contribution is 6.30. The molecule has 3 aromatic rings. The van der Waals surface area contributed by atoms with Crippen LogP contribution in [0.15, 0.2) is 53.3 Å². The summed E-state index contributed by atoms with van der Waals surface area (Å²) in [5, 5.41) is 8.44. The molecule has 4 rings (SSSR count). The Balaban J connectivity index is 1.64. The van der Waals surface area contributed by atoms with Crippen molar-refractivity contribution in [2.45, 2.75) is 12.3 Å². The number of nitrogens with one attached hydrogen (secondary N) is 4. The minimum Gasteiger partial charge on any atom is -0.326 e. The number of carbonyl (C=O) groups excluding carboxylic acids is 2. The quantitative estimate of drug-likeness (QED) is 0.509. The number of H-pyrrole nitrogens is 1. The maximum Gasteiger partial charge on any atom is 0.258 e. The minimum atomic E-state index is -1.08. The number of rotatable bonds is 4. The van der Waals surface area contributed by atoms with Gasteiger partial charge in [-0.05, 0) is 36.4 Å². The van der Waals surface area contributed by atoms with Crippen LogP contribution in [-0.4, -0.2) is 21.8 Å². The van der Waals surface area contributed by atoms with Gasteiger partial charge in [-0.1, -0.05) is 23.7 Å². The highest BCUT2D eigenvalue weighted by Gasteiger charge is 2.34. The molecule has 152 valence electrons. The largest absolute Gasteiger partial charge is 0.326 e. The van der Waals surface area contributed by atoms with E-state index in [1.807, 2.05) is 0 Å². The van der Waals surface area contributed by atoms with E-state index in [0.717, 1.165) is 6.07 Å². The van der Waals surface area contributed by atoms with E-state index in [0.29, 0.717) is 10.7 Å². The molecule has 1 unspecified atom stereocenters. The fourth-order valence-corrected chi connectivity index (χ4v) is 3.34. The SMILES string of the molecule is O=C1CC(C(=O)Nc2cccc(F)c2)c2c(nc(Nc3cccc(Cl)c3)[nH]c2=O)N1. The number of hydrogen-bond donors (Lipinski definition) is 4. The summed E-state index contributed by atoms with van der Waals surface area (Å²) in [5.41, 5.74) is 0.244. The zero-order chi connectivity index (χ0) is 21.3. The molecule has 1 aliphatic rings. The van der Waals surface area contributed by atoms with E-state index >= 15 is 0 Å². The van der Waals surface area contributed by atoms with Crippen LogP contribution >= 0.6 is 11.6 Å². The van der Waals surface area contributed by atoms with E-state index in [-0.39, 0.29) is 29.4 Å². The van der Waals surface area contributed by atoms with Gasteiger partial charge < -0.3 is 16.0 Å². The summed E-state index contributed by atoms with van der Waals surface area (Å²) < 4.78 is 13.4. The predicted octanol–water partition coefficient (Wildman–Crippen LogP) is 3.37. The van der Waals surface area contributed by atoms with Gasteiger partial charge in [0.25, 0.3) is 5.56 Å². The molecule has 30 heavy (non-hydrogen) atoms. The Morgan fingerprint density at radius 3 is 2.67 bits per heavy atom. The van der Waals surface area contributed by atoms with E-state index in [1.54, 1.807) is 24.3 Å². The number of aromatic nitrogens is 2. The van der Waals surface area contributed by atoms with Gasteiger partial charge in [-0.15, -0.1) is 0 Å². The Morgan fingerprint density at radius 1 is 1.13 bits per heavy atom. The third-order valence-corrected chi connectivity index (χ3v) is 4.68. The van der Waals surface area contributed by atoms with Crippen LogP contribution in [0, 0.1) is 5.82 Å². The molecule has 10 heteroatoms. The van der Waals surface area contributed by atoms with Gasteiger partial charge in [0, 0.05) is 22.8 Å². The molecule has 0 saturated heterocycles. The fourth-order valence-electron chi connectivity index (χ4n) is 3.15. The van der Waals surface area contributed by atoms with Gasteiger partial charge in [0.1, 0.15) is 11.6 Å². The van der Waals surface area contributed by atoms with Crippen molar-refractivity contribution in [1.29, 1.82) is 0 Å². The molecule has 0 aliphatic carbocycles. The fraction of sp³-hybridized carbons (Fsp3) is 0.100. The van der Waals surface area contributed by atoms with Gasteiger partial charge in [0.15, 0.2) is 0 Å². The number of halogens is 2. The molecule has 8 nitrogen and oxygen atoms in total.